The quantitative estimate of drug-likeness (QED) is 0.794. The van der Waals surface area contributed by atoms with Crippen LogP contribution in [-0.2, 0) is 0 Å². The summed E-state index contributed by atoms with van der Waals surface area (Å²) >= 11 is 5.94. The van der Waals surface area contributed by atoms with Crippen LogP contribution in [0.5, 0.6) is 5.75 Å². The zero-order valence-corrected chi connectivity index (χ0v) is 14.2. The second kappa shape index (κ2) is 7.22. The van der Waals surface area contributed by atoms with E-state index in [0.29, 0.717) is 11.6 Å². The molecule has 1 atom stereocenters. The minimum Gasteiger partial charge on any atom is -0.497 e. The summed E-state index contributed by atoms with van der Waals surface area (Å²) in [5, 5.41) is 0.356. The van der Waals surface area contributed by atoms with Crippen LogP contribution in [0.4, 0.5) is 4.39 Å². The van der Waals surface area contributed by atoms with Crippen LogP contribution < -0.4 is 4.74 Å². The number of rotatable bonds is 3. The second-order valence-electron chi connectivity index (χ2n) is 5.91. The number of amides is 1. The average Bonchev–Trinajstić information content (AvgIpc) is 2.63. The van der Waals surface area contributed by atoms with E-state index in [1.807, 2.05) is 24.3 Å². The average molecular weight is 348 g/mol. The molecule has 1 saturated heterocycles. The number of carbonyl (C=O) groups excluding carboxylic acids is 1. The Balaban J connectivity index is 1.94. The molecule has 2 aromatic carbocycles. The number of likely N-dealkylation sites (tertiary alicyclic amines) is 1. The molecule has 0 spiro atoms. The Kier molecular flexibility index (Phi) is 5.05. The molecule has 0 saturated carbocycles. The first-order valence-electron chi connectivity index (χ1n) is 8.00. The molecule has 0 aromatic heterocycles. The third kappa shape index (κ3) is 3.39. The van der Waals surface area contributed by atoms with E-state index in [1.165, 1.54) is 18.2 Å². The zero-order valence-electron chi connectivity index (χ0n) is 13.5. The number of benzene rings is 2. The minimum absolute atomic E-state index is 0.0253. The van der Waals surface area contributed by atoms with Gasteiger partial charge < -0.3 is 9.64 Å². The van der Waals surface area contributed by atoms with Gasteiger partial charge in [0.15, 0.2) is 0 Å². The standard InChI is InChI=1S/C19H19ClFNO2/c1-24-15-6-4-5-13(11-15)18-7-2-3-10-22(18)19(23)16-12-14(20)8-9-17(16)21/h4-6,8-9,11-12,18H,2-3,7,10H2,1H3. The van der Waals surface area contributed by atoms with E-state index in [2.05, 4.69) is 0 Å². The van der Waals surface area contributed by atoms with Crippen molar-refractivity contribution in [2.75, 3.05) is 13.7 Å². The van der Waals surface area contributed by atoms with Crippen LogP contribution in [0.3, 0.4) is 0 Å². The fourth-order valence-electron chi connectivity index (χ4n) is 3.19. The fraction of sp³-hybridized carbons (Fsp3) is 0.316. The number of ether oxygens (including phenoxy) is 1. The van der Waals surface area contributed by atoms with Crippen LogP contribution in [0.2, 0.25) is 5.02 Å². The van der Waals surface area contributed by atoms with Gasteiger partial charge in [-0.25, -0.2) is 4.39 Å². The predicted molar refractivity (Wildman–Crippen MR) is 92.0 cm³/mol. The molecule has 1 amide bonds. The smallest absolute Gasteiger partial charge is 0.257 e. The van der Waals surface area contributed by atoms with Crippen molar-refractivity contribution in [3.63, 3.8) is 0 Å². The first-order chi connectivity index (χ1) is 11.6. The van der Waals surface area contributed by atoms with Crippen LogP contribution >= 0.6 is 11.6 Å². The number of piperidine rings is 1. The Morgan fingerprint density at radius 1 is 1.25 bits per heavy atom. The van der Waals surface area contributed by atoms with Gasteiger partial charge >= 0.3 is 0 Å². The number of methoxy groups -OCH3 is 1. The monoisotopic (exact) mass is 347 g/mol. The van der Waals surface area contributed by atoms with Crippen LogP contribution in [0.1, 0.15) is 41.2 Å². The maximum Gasteiger partial charge on any atom is 0.257 e. The SMILES string of the molecule is COc1cccc(C2CCCCN2C(=O)c2cc(Cl)ccc2F)c1. The molecule has 2 aromatic rings. The number of nitrogens with zero attached hydrogens (tertiary/aromatic N) is 1. The van der Waals surface area contributed by atoms with E-state index in [-0.39, 0.29) is 17.5 Å². The van der Waals surface area contributed by atoms with E-state index >= 15 is 0 Å². The van der Waals surface area contributed by atoms with Gasteiger partial charge in [0, 0.05) is 11.6 Å². The van der Waals surface area contributed by atoms with Crippen molar-refractivity contribution in [2.45, 2.75) is 25.3 Å². The van der Waals surface area contributed by atoms with Gasteiger partial charge in [-0.2, -0.15) is 0 Å². The van der Waals surface area contributed by atoms with Crippen molar-refractivity contribution in [1.82, 2.24) is 4.90 Å². The van der Waals surface area contributed by atoms with Gasteiger partial charge in [0.2, 0.25) is 0 Å². The van der Waals surface area contributed by atoms with Gasteiger partial charge in [-0.05, 0) is 55.2 Å². The highest BCUT2D eigenvalue weighted by atomic mass is 35.5. The number of hydrogen-bond acceptors (Lipinski definition) is 2. The molecule has 1 fully saturated rings. The van der Waals surface area contributed by atoms with Crippen molar-refractivity contribution < 1.29 is 13.9 Å². The molecule has 0 aliphatic carbocycles. The minimum atomic E-state index is -0.542. The van der Waals surface area contributed by atoms with Crippen LogP contribution in [0, 0.1) is 5.82 Å². The second-order valence-corrected chi connectivity index (χ2v) is 6.35. The predicted octanol–water partition coefficient (Wildman–Crippen LogP) is 4.86. The lowest BCUT2D eigenvalue weighted by molar-refractivity contribution is 0.0606. The Morgan fingerprint density at radius 3 is 2.88 bits per heavy atom. The van der Waals surface area contributed by atoms with E-state index in [9.17, 15) is 9.18 Å². The lowest BCUT2D eigenvalue weighted by Gasteiger charge is -2.36. The normalized spacial score (nSPS) is 17.6. The van der Waals surface area contributed by atoms with Crippen molar-refractivity contribution in [2.24, 2.45) is 0 Å². The molecule has 1 unspecified atom stereocenters. The van der Waals surface area contributed by atoms with Gasteiger partial charge in [-0.1, -0.05) is 23.7 Å². The van der Waals surface area contributed by atoms with Crippen molar-refractivity contribution >= 4 is 17.5 Å². The molecule has 126 valence electrons. The van der Waals surface area contributed by atoms with Crippen LogP contribution in [0.25, 0.3) is 0 Å². The highest BCUT2D eigenvalue weighted by Crippen LogP contribution is 2.34. The largest absolute Gasteiger partial charge is 0.497 e. The Hall–Kier alpha value is -2.07. The molecule has 3 nitrogen and oxygen atoms in total. The summed E-state index contributed by atoms with van der Waals surface area (Å²) in [6.07, 6.45) is 2.79. The maximum absolute atomic E-state index is 14.1. The third-order valence-electron chi connectivity index (χ3n) is 4.40. The molecule has 0 N–H and O–H groups in total. The summed E-state index contributed by atoms with van der Waals surface area (Å²) in [4.78, 5) is 14.7. The summed E-state index contributed by atoms with van der Waals surface area (Å²) in [5.74, 6) is -0.110. The maximum atomic E-state index is 14.1. The molecule has 1 aliphatic heterocycles. The van der Waals surface area contributed by atoms with Crippen molar-refractivity contribution in [1.29, 1.82) is 0 Å². The van der Waals surface area contributed by atoms with Gasteiger partial charge in [0.05, 0.1) is 18.7 Å². The summed E-state index contributed by atoms with van der Waals surface area (Å²) in [7, 11) is 1.62. The number of halogens is 2. The summed E-state index contributed by atoms with van der Waals surface area (Å²) in [6, 6.07) is 11.7. The summed E-state index contributed by atoms with van der Waals surface area (Å²) in [5.41, 5.74) is 1.03. The summed E-state index contributed by atoms with van der Waals surface area (Å²) < 4.78 is 19.4. The first-order valence-corrected chi connectivity index (χ1v) is 8.38. The van der Waals surface area contributed by atoms with Gasteiger partial charge in [0.1, 0.15) is 11.6 Å². The Bertz CT molecular complexity index is 750. The van der Waals surface area contributed by atoms with E-state index in [1.54, 1.807) is 12.0 Å². The highest BCUT2D eigenvalue weighted by molar-refractivity contribution is 6.31. The topological polar surface area (TPSA) is 29.5 Å². The molecule has 0 bridgehead atoms. The fourth-order valence-corrected chi connectivity index (χ4v) is 3.36. The number of hydrogen-bond donors (Lipinski definition) is 0. The van der Waals surface area contributed by atoms with Crippen LogP contribution in [-0.4, -0.2) is 24.5 Å². The van der Waals surface area contributed by atoms with Gasteiger partial charge in [-0.3, -0.25) is 4.79 Å². The summed E-state index contributed by atoms with van der Waals surface area (Å²) in [6.45, 7) is 0.604. The molecule has 24 heavy (non-hydrogen) atoms. The Morgan fingerprint density at radius 2 is 2.08 bits per heavy atom. The number of carbonyl (C=O) groups is 1. The molecule has 1 heterocycles. The lowest BCUT2D eigenvalue weighted by Crippen LogP contribution is -2.38. The molecule has 3 rings (SSSR count). The molecule has 0 radical (unpaired) electrons. The lowest BCUT2D eigenvalue weighted by atomic mass is 9.94. The van der Waals surface area contributed by atoms with Crippen LogP contribution in [0.15, 0.2) is 42.5 Å². The Labute approximate surface area is 146 Å². The molecular weight excluding hydrogens is 329 g/mol. The zero-order chi connectivity index (χ0) is 17.1. The first kappa shape index (κ1) is 16.8. The highest BCUT2D eigenvalue weighted by Gasteiger charge is 2.30. The van der Waals surface area contributed by atoms with Gasteiger partial charge in [-0.15, -0.1) is 0 Å². The van der Waals surface area contributed by atoms with E-state index < -0.39 is 5.82 Å². The van der Waals surface area contributed by atoms with Gasteiger partial charge in [0.25, 0.3) is 5.91 Å². The molecule has 5 heteroatoms. The molecular formula is C19H19ClFNO2. The van der Waals surface area contributed by atoms with Crippen molar-refractivity contribution in [3.05, 3.63) is 64.4 Å². The molecule has 1 aliphatic rings. The van der Waals surface area contributed by atoms with E-state index in [4.69, 9.17) is 16.3 Å². The van der Waals surface area contributed by atoms with Crippen molar-refractivity contribution in [3.8, 4) is 5.75 Å². The van der Waals surface area contributed by atoms with E-state index in [0.717, 1.165) is 30.6 Å². The third-order valence-corrected chi connectivity index (χ3v) is 4.64.